The molecule has 0 aromatic carbocycles. The molecule has 0 rings (SSSR count). The van der Waals surface area contributed by atoms with Crippen molar-refractivity contribution in [3.63, 3.8) is 0 Å². The third-order valence-corrected chi connectivity index (χ3v) is 1.83. The van der Waals surface area contributed by atoms with Crippen molar-refractivity contribution in [3.8, 4) is 11.8 Å². The van der Waals surface area contributed by atoms with Gasteiger partial charge in [-0.25, -0.2) is 0 Å². The molecule has 0 aliphatic carbocycles. The van der Waals surface area contributed by atoms with Gasteiger partial charge < -0.3 is 10.4 Å². The zero-order chi connectivity index (χ0) is 11.0. The second-order valence-corrected chi connectivity index (χ2v) is 4.80. The fourth-order valence-corrected chi connectivity index (χ4v) is 1.32. The van der Waals surface area contributed by atoms with Crippen molar-refractivity contribution >= 4 is 0 Å². The lowest BCUT2D eigenvalue weighted by atomic mass is 9.89. The van der Waals surface area contributed by atoms with E-state index in [2.05, 4.69) is 37.9 Å². The summed E-state index contributed by atoms with van der Waals surface area (Å²) in [6, 6.07) is 0. The summed E-state index contributed by atoms with van der Waals surface area (Å²) in [7, 11) is 0. The normalized spacial score (nSPS) is 13.2. The lowest BCUT2D eigenvalue weighted by Crippen LogP contribution is -2.30. The van der Waals surface area contributed by atoms with E-state index in [1.165, 1.54) is 0 Å². The first-order valence-electron chi connectivity index (χ1n) is 5.24. The molecule has 1 unspecified atom stereocenters. The molecule has 0 fully saturated rings. The van der Waals surface area contributed by atoms with Gasteiger partial charge in [0.05, 0.1) is 6.10 Å². The quantitative estimate of drug-likeness (QED) is 0.520. The molecule has 2 N–H and O–H groups in total. The van der Waals surface area contributed by atoms with Gasteiger partial charge >= 0.3 is 0 Å². The molecule has 14 heavy (non-hydrogen) atoms. The third-order valence-electron chi connectivity index (χ3n) is 1.83. The van der Waals surface area contributed by atoms with Crippen molar-refractivity contribution in [1.29, 1.82) is 0 Å². The molecule has 0 radical (unpaired) electrons. The van der Waals surface area contributed by atoms with Gasteiger partial charge in [-0.05, 0) is 18.8 Å². The van der Waals surface area contributed by atoms with E-state index in [1.807, 2.05) is 6.92 Å². The molecule has 0 aliphatic heterocycles. The first-order chi connectivity index (χ1) is 6.45. The summed E-state index contributed by atoms with van der Waals surface area (Å²) >= 11 is 0. The average molecular weight is 197 g/mol. The van der Waals surface area contributed by atoms with Crippen LogP contribution < -0.4 is 5.32 Å². The lowest BCUT2D eigenvalue weighted by molar-refractivity contribution is 0.120. The van der Waals surface area contributed by atoms with Crippen molar-refractivity contribution in [2.24, 2.45) is 5.41 Å². The lowest BCUT2D eigenvalue weighted by Gasteiger charge is -2.22. The summed E-state index contributed by atoms with van der Waals surface area (Å²) in [5.41, 5.74) is 0.199. The van der Waals surface area contributed by atoms with Crippen molar-refractivity contribution in [2.75, 3.05) is 13.1 Å². The topological polar surface area (TPSA) is 32.3 Å². The Balaban J connectivity index is 3.43. The van der Waals surface area contributed by atoms with Gasteiger partial charge in [-0.1, -0.05) is 20.8 Å². The predicted molar refractivity (Wildman–Crippen MR) is 61.0 cm³/mol. The van der Waals surface area contributed by atoms with Crippen LogP contribution in [0.2, 0.25) is 0 Å². The monoisotopic (exact) mass is 197 g/mol. The van der Waals surface area contributed by atoms with Gasteiger partial charge in [0.1, 0.15) is 0 Å². The Morgan fingerprint density at radius 1 is 1.36 bits per heavy atom. The van der Waals surface area contributed by atoms with Gasteiger partial charge in [0.15, 0.2) is 0 Å². The molecule has 2 heteroatoms. The van der Waals surface area contributed by atoms with E-state index >= 15 is 0 Å². The predicted octanol–water partition coefficient (Wildman–Crippen LogP) is 1.79. The Morgan fingerprint density at radius 3 is 2.50 bits per heavy atom. The maximum absolute atomic E-state index is 9.64. The third kappa shape index (κ3) is 9.57. The van der Waals surface area contributed by atoms with Crippen LogP contribution in [0.4, 0.5) is 0 Å². The van der Waals surface area contributed by atoms with Crippen molar-refractivity contribution < 1.29 is 5.11 Å². The first-order valence-corrected chi connectivity index (χ1v) is 5.24. The number of aliphatic hydroxyl groups is 1. The van der Waals surface area contributed by atoms with Crippen LogP contribution in [-0.4, -0.2) is 24.3 Å². The molecule has 82 valence electrons. The summed E-state index contributed by atoms with van der Waals surface area (Å²) in [4.78, 5) is 0. The summed E-state index contributed by atoms with van der Waals surface area (Å²) in [5, 5.41) is 12.8. The highest BCUT2D eigenvalue weighted by molar-refractivity contribution is 4.95. The Bertz CT molecular complexity index is 195. The number of aliphatic hydroxyl groups excluding tert-OH is 1. The molecule has 1 atom stereocenters. The molecule has 0 amide bonds. The van der Waals surface area contributed by atoms with Gasteiger partial charge in [-0.2, -0.15) is 0 Å². The van der Waals surface area contributed by atoms with Gasteiger partial charge in [0.2, 0.25) is 0 Å². The minimum Gasteiger partial charge on any atom is -0.392 e. The molecule has 0 aliphatic rings. The minimum absolute atomic E-state index is 0.199. The maximum atomic E-state index is 9.64. The average Bonchev–Trinajstić information content (AvgIpc) is 2.00. The van der Waals surface area contributed by atoms with E-state index in [1.54, 1.807) is 0 Å². The highest BCUT2D eigenvalue weighted by Crippen LogP contribution is 2.20. The molecule has 0 spiro atoms. The number of hydrogen-bond donors (Lipinski definition) is 2. The maximum Gasteiger partial charge on any atom is 0.0669 e. The molecule has 0 bridgehead atoms. The number of hydrogen-bond acceptors (Lipinski definition) is 2. The van der Waals surface area contributed by atoms with E-state index in [0.717, 1.165) is 19.4 Å². The van der Waals surface area contributed by atoms with Crippen LogP contribution in [0.5, 0.6) is 0 Å². The molecule has 2 nitrogen and oxygen atoms in total. The van der Waals surface area contributed by atoms with Crippen molar-refractivity contribution in [2.45, 2.75) is 46.6 Å². The number of rotatable bonds is 5. The van der Waals surface area contributed by atoms with E-state index < -0.39 is 0 Å². The molecule has 0 saturated carbocycles. The SMILES string of the molecule is CC#CCCNCC(O)CC(C)(C)C. The highest BCUT2D eigenvalue weighted by Gasteiger charge is 2.15. The van der Waals surface area contributed by atoms with Crippen LogP contribution in [0.15, 0.2) is 0 Å². The summed E-state index contributed by atoms with van der Waals surface area (Å²) < 4.78 is 0. The largest absolute Gasteiger partial charge is 0.392 e. The Kier molecular flexibility index (Phi) is 6.61. The smallest absolute Gasteiger partial charge is 0.0669 e. The van der Waals surface area contributed by atoms with Gasteiger partial charge in [-0.15, -0.1) is 11.8 Å². The Labute approximate surface area is 88.1 Å². The highest BCUT2D eigenvalue weighted by atomic mass is 16.3. The summed E-state index contributed by atoms with van der Waals surface area (Å²) in [5.74, 6) is 5.82. The van der Waals surface area contributed by atoms with Gasteiger partial charge in [0, 0.05) is 19.5 Å². The van der Waals surface area contributed by atoms with Crippen molar-refractivity contribution in [1.82, 2.24) is 5.32 Å². The van der Waals surface area contributed by atoms with Crippen molar-refractivity contribution in [3.05, 3.63) is 0 Å². The van der Waals surface area contributed by atoms with Gasteiger partial charge in [0.25, 0.3) is 0 Å². The Morgan fingerprint density at radius 2 is 2.00 bits per heavy atom. The van der Waals surface area contributed by atoms with E-state index in [4.69, 9.17) is 0 Å². The second-order valence-electron chi connectivity index (χ2n) is 4.80. The first kappa shape index (κ1) is 13.5. The molecule has 0 heterocycles. The molecule has 0 aromatic rings. The van der Waals surface area contributed by atoms with E-state index in [0.29, 0.717) is 6.54 Å². The number of nitrogens with one attached hydrogen (secondary N) is 1. The van der Waals surface area contributed by atoms with Crippen LogP contribution in [0.25, 0.3) is 0 Å². The molecular formula is C12H23NO. The van der Waals surface area contributed by atoms with E-state index in [9.17, 15) is 5.11 Å². The zero-order valence-corrected chi connectivity index (χ0v) is 9.85. The molecular weight excluding hydrogens is 174 g/mol. The fourth-order valence-electron chi connectivity index (χ4n) is 1.32. The summed E-state index contributed by atoms with van der Waals surface area (Å²) in [6.07, 6.45) is 1.45. The molecule has 0 aromatic heterocycles. The minimum atomic E-state index is -0.246. The van der Waals surface area contributed by atoms with Crippen LogP contribution in [0.3, 0.4) is 0 Å². The van der Waals surface area contributed by atoms with Crippen LogP contribution in [0, 0.1) is 17.3 Å². The second kappa shape index (κ2) is 6.86. The standard InChI is InChI=1S/C12H23NO/c1-5-6-7-8-13-10-11(14)9-12(2,3)4/h11,13-14H,7-10H2,1-4H3. The summed E-state index contributed by atoms with van der Waals surface area (Å²) in [6.45, 7) is 9.79. The van der Waals surface area contributed by atoms with Crippen LogP contribution in [0.1, 0.15) is 40.5 Å². The van der Waals surface area contributed by atoms with Crippen LogP contribution >= 0.6 is 0 Å². The van der Waals surface area contributed by atoms with Crippen LogP contribution in [-0.2, 0) is 0 Å². The van der Waals surface area contributed by atoms with Gasteiger partial charge in [-0.3, -0.25) is 0 Å². The fraction of sp³-hybridized carbons (Fsp3) is 0.833. The van der Waals surface area contributed by atoms with E-state index in [-0.39, 0.29) is 11.5 Å². The molecule has 0 saturated heterocycles. The Hall–Kier alpha value is -0.520. The zero-order valence-electron chi connectivity index (χ0n) is 9.85.